The van der Waals surface area contributed by atoms with Crippen molar-refractivity contribution in [3.8, 4) is 0 Å². The summed E-state index contributed by atoms with van der Waals surface area (Å²) in [5.41, 5.74) is 4.04. The van der Waals surface area contributed by atoms with E-state index in [2.05, 4.69) is 56.8 Å². The molecular weight excluding hydrogens is 366 g/mol. The van der Waals surface area contributed by atoms with Crippen molar-refractivity contribution in [1.82, 2.24) is 14.9 Å². The van der Waals surface area contributed by atoms with Gasteiger partial charge < -0.3 is 9.80 Å². The van der Waals surface area contributed by atoms with Crippen molar-refractivity contribution in [2.24, 2.45) is 0 Å². The number of hydrogen-bond acceptors (Lipinski definition) is 6. The van der Waals surface area contributed by atoms with E-state index >= 15 is 0 Å². The van der Waals surface area contributed by atoms with Gasteiger partial charge in [-0.15, -0.1) is 0 Å². The normalized spacial score (nSPS) is 20.4. The summed E-state index contributed by atoms with van der Waals surface area (Å²) < 4.78 is 0. The second-order valence-electron chi connectivity index (χ2n) is 8.01. The van der Waals surface area contributed by atoms with Gasteiger partial charge in [-0.25, -0.2) is 4.98 Å². The average molecular weight is 396 g/mol. The van der Waals surface area contributed by atoms with Crippen molar-refractivity contribution in [2.75, 3.05) is 54.0 Å². The quantitative estimate of drug-likeness (QED) is 0.791. The van der Waals surface area contributed by atoms with Gasteiger partial charge in [0.15, 0.2) is 0 Å². The van der Waals surface area contributed by atoms with Gasteiger partial charge in [0.05, 0.1) is 5.69 Å². The van der Waals surface area contributed by atoms with Crippen LogP contribution >= 0.6 is 11.8 Å². The van der Waals surface area contributed by atoms with Crippen LogP contribution in [0.25, 0.3) is 0 Å². The molecule has 0 saturated carbocycles. The number of fused-ring (bicyclic) bond motifs is 1. The molecule has 5 rings (SSSR count). The summed E-state index contributed by atoms with van der Waals surface area (Å²) in [6.45, 7) is 7.46. The summed E-state index contributed by atoms with van der Waals surface area (Å²) in [6.07, 6.45) is 3.56. The summed E-state index contributed by atoms with van der Waals surface area (Å²) in [7, 11) is 0. The molecule has 3 aliphatic heterocycles. The molecule has 0 atom stereocenters. The van der Waals surface area contributed by atoms with Gasteiger partial charge in [0.1, 0.15) is 5.82 Å². The molecule has 4 heterocycles. The number of rotatable bonds is 4. The van der Waals surface area contributed by atoms with Crippen LogP contribution in [0.2, 0.25) is 0 Å². The first-order chi connectivity index (χ1) is 13.9. The smallest absolute Gasteiger partial charge is 0.227 e. The Morgan fingerprint density at radius 3 is 2.43 bits per heavy atom. The molecule has 0 unspecified atom stereocenters. The minimum atomic E-state index is 0.962. The van der Waals surface area contributed by atoms with Crippen LogP contribution < -0.4 is 9.80 Å². The zero-order valence-corrected chi connectivity index (χ0v) is 17.3. The van der Waals surface area contributed by atoms with E-state index in [1.807, 2.05) is 0 Å². The molecule has 2 fully saturated rings. The number of thioether (sulfide) groups is 1. The van der Waals surface area contributed by atoms with Crippen molar-refractivity contribution in [2.45, 2.75) is 32.4 Å². The van der Waals surface area contributed by atoms with Crippen LogP contribution in [0.15, 0.2) is 30.3 Å². The molecule has 0 N–H and O–H groups in total. The summed E-state index contributed by atoms with van der Waals surface area (Å²) in [5.74, 6) is 4.59. The molecule has 0 amide bonds. The standard InChI is InChI=1S/C22H29N5S/c1-2-6-18(7-3-1)16-25-11-8-20-19(17-25)21(26-12-14-28-15-13-26)24-22(23-20)27-9-4-5-10-27/h1-3,6-7H,4-5,8-17H2. The highest BCUT2D eigenvalue weighted by Gasteiger charge is 2.28. The van der Waals surface area contributed by atoms with Gasteiger partial charge in [0.2, 0.25) is 5.95 Å². The third-order valence-corrected chi connectivity index (χ3v) is 7.00. The molecule has 1 aromatic carbocycles. The maximum atomic E-state index is 5.14. The molecule has 6 heteroatoms. The fourth-order valence-corrected chi connectivity index (χ4v) is 5.41. The van der Waals surface area contributed by atoms with E-state index in [1.54, 1.807) is 0 Å². The Bertz CT molecular complexity index is 800. The number of aromatic nitrogens is 2. The monoisotopic (exact) mass is 395 g/mol. The van der Waals surface area contributed by atoms with Gasteiger partial charge in [-0.2, -0.15) is 16.7 Å². The van der Waals surface area contributed by atoms with Crippen LogP contribution in [0, 0.1) is 0 Å². The lowest BCUT2D eigenvalue weighted by Crippen LogP contribution is -2.38. The Morgan fingerprint density at radius 1 is 0.857 bits per heavy atom. The molecule has 0 radical (unpaired) electrons. The Labute approximate surface area is 172 Å². The molecule has 0 spiro atoms. The SMILES string of the molecule is c1ccc(CN2CCc3nc(N4CCCC4)nc(N4CCSCC4)c3C2)cc1. The molecule has 0 aliphatic carbocycles. The zero-order chi connectivity index (χ0) is 18.8. The predicted octanol–water partition coefficient (Wildman–Crippen LogP) is 3.19. The Morgan fingerprint density at radius 2 is 1.64 bits per heavy atom. The number of hydrogen-bond donors (Lipinski definition) is 0. The minimum Gasteiger partial charge on any atom is -0.355 e. The van der Waals surface area contributed by atoms with E-state index in [0.717, 1.165) is 58.2 Å². The van der Waals surface area contributed by atoms with Gasteiger partial charge in [0, 0.05) is 69.3 Å². The van der Waals surface area contributed by atoms with E-state index in [1.165, 1.54) is 47.0 Å². The highest BCUT2D eigenvalue weighted by molar-refractivity contribution is 7.99. The fourth-order valence-electron chi connectivity index (χ4n) is 4.51. The van der Waals surface area contributed by atoms with E-state index in [0.29, 0.717) is 0 Å². The van der Waals surface area contributed by atoms with Crippen LogP contribution in [0.5, 0.6) is 0 Å². The number of nitrogens with zero attached hydrogens (tertiary/aromatic N) is 5. The van der Waals surface area contributed by atoms with Crippen LogP contribution in [0.3, 0.4) is 0 Å². The first-order valence-electron chi connectivity index (χ1n) is 10.6. The predicted molar refractivity (Wildman–Crippen MR) is 117 cm³/mol. The first-order valence-corrected chi connectivity index (χ1v) is 11.8. The second kappa shape index (κ2) is 8.29. The lowest BCUT2D eigenvalue weighted by molar-refractivity contribution is 0.243. The van der Waals surface area contributed by atoms with Crippen LogP contribution in [-0.4, -0.2) is 59.1 Å². The number of benzene rings is 1. The molecule has 2 saturated heterocycles. The summed E-state index contributed by atoms with van der Waals surface area (Å²) in [5, 5.41) is 0. The zero-order valence-electron chi connectivity index (χ0n) is 16.5. The van der Waals surface area contributed by atoms with Gasteiger partial charge in [-0.05, 0) is 18.4 Å². The minimum absolute atomic E-state index is 0.962. The second-order valence-corrected chi connectivity index (χ2v) is 9.24. The third-order valence-electron chi connectivity index (χ3n) is 6.05. The summed E-state index contributed by atoms with van der Waals surface area (Å²) in [6, 6.07) is 10.8. The molecular formula is C22H29N5S. The molecule has 3 aliphatic rings. The maximum Gasteiger partial charge on any atom is 0.227 e. The molecule has 2 aromatic rings. The lowest BCUT2D eigenvalue weighted by Gasteiger charge is -2.35. The van der Waals surface area contributed by atoms with Crippen molar-refractivity contribution in [1.29, 1.82) is 0 Å². The highest BCUT2D eigenvalue weighted by Crippen LogP contribution is 2.31. The Kier molecular flexibility index (Phi) is 5.41. The largest absolute Gasteiger partial charge is 0.355 e. The molecule has 1 aromatic heterocycles. The van der Waals surface area contributed by atoms with E-state index in [-0.39, 0.29) is 0 Å². The average Bonchev–Trinajstić information content (AvgIpc) is 3.29. The van der Waals surface area contributed by atoms with Crippen molar-refractivity contribution < 1.29 is 0 Å². The van der Waals surface area contributed by atoms with Crippen molar-refractivity contribution in [3.05, 3.63) is 47.2 Å². The van der Waals surface area contributed by atoms with E-state index < -0.39 is 0 Å². The van der Waals surface area contributed by atoms with Gasteiger partial charge in [-0.1, -0.05) is 30.3 Å². The Hall–Kier alpha value is -1.79. The molecule has 148 valence electrons. The molecule has 28 heavy (non-hydrogen) atoms. The third kappa shape index (κ3) is 3.85. The summed E-state index contributed by atoms with van der Waals surface area (Å²) in [4.78, 5) is 17.6. The topological polar surface area (TPSA) is 35.5 Å². The van der Waals surface area contributed by atoms with Gasteiger partial charge >= 0.3 is 0 Å². The first kappa shape index (κ1) is 18.3. The Balaban J connectivity index is 1.45. The summed E-state index contributed by atoms with van der Waals surface area (Å²) >= 11 is 2.06. The maximum absolute atomic E-state index is 5.14. The number of anilines is 2. The van der Waals surface area contributed by atoms with Gasteiger partial charge in [0.25, 0.3) is 0 Å². The lowest BCUT2D eigenvalue weighted by atomic mass is 10.0. The van der Waals surface area contributed by atoms with Crippen molar-refractivity contribution in [3.63, 3.8) is 0 Å². The molecule has 5 nitrogen and oxygen atoms in total. The van der Waals surface area contributed by atoms with E-state index in [4.69, 9.17) is 9.97 Å². The van der Waals surface area contributed by atoms with Crippen molar-refractivity contribution >= 4 is 23.5 Å². The fraction of sp³-hybridized carbons (Fsp3) is 0.545. The van der Waals surface area contributed by atoms with Crippen LogP contribution in [0.1, 0.15) is 29.7 Å². The van der Waals surface area contributed by atoms with Crippen LogP contribution in [0.4, 0.5) is 11.8 Å². The van der Waals surface area contributed by atoms with Gasteiger partial charge in [-0.3, -0.25) is 4.90 Å². The van der Waals surface area contributed by atoms with Crippen LogP contribution in [-0.2, 0) is 19.5 Å². The molecule has 0 bridgehead atoms. The van der Waals surface area contributed by atoms with E-state index in [9.17, 15) is 0 Å². The highest BCUT2D eigenvalue weighted by atomic mass is 32.2.